The molecule has 3 N–H and O–H groups in total. The number of nitrogens with zero attached hydrogens (tertiary/aromatic N) is 5. The van der Waals surface area contributed by atoms with Crippen LogP contribution in [0.1, 0.15) is 19.4 Å². The smallest absolute Gasteiger partial charge is 0.178 e. The van der Waals surface area contributed by atoms with Gasteiger partial charge in [-0.25, -0.2) is 19.3 Å². The van der Waals surface area contributed by atoms with Gasteiger partial charge in [-0.05, 0) is 68.3 Å². The number of fused-ring (bicyclic) bond motifs is 2. The van der Waals surface area contributed by atoms with Crippen LogP contribution in [-0.2, 0) is 0 Å². The van der Waals surface area contributed by atoms with Gasteiger partial charge in [0.2, 0.25) is 0 Å². The fourth-order valence-electron chi connectivity index (χ4n) is 4.37. The molecule has 0 bridgehead atoms. The zero-order valence-corrected chi connectivity index (χ0v) is 20.0. The average molecular weight is 479 g/mol. The number of aryl methyl sites for hydroxylation is 1. The van der Waals surface area contributed by atoms with E-state index >= 15 is 0 Å². The van der Waals surface area contributed by atoms with Crippen LogP contribution < -0.4 is 5.32 Å². The lowest BCUT2D eigenvalue weighted by atomic mass is 10.0. The molecule has 0 amide bonds. The van der Waals surface area contributed by atoms with Crippen LogP contribution in [-0.4, -0.2) is 41.2 Å². The van der Waals surface area contributed by atoms with Crippen molar-refractivity contribution in [1.82, 2.24) is 35.1 Å². The van der Waals surface area contributed by atoms with Crippen molar-refractivity contribution in [2.75, 3.05) is 5.32 Å². The number of hydrogen-bond acceptors (Lipinski definition) is 6. The topological polar surface area (TPSA) is 108 Å². The summed E-state index contributed by atoms with van der Waals surface area (Å²) in [5, 5.41) is 10.9. The number of hydrogen-bond donors (Lipinski definition) is 3. The fourth-order valence-corrected chi connectivity index (χ4v) is 4.37. The van der Waals surface area contributed by atoms with Crippen molar-refractivity contribution < 1.29 is 4.39 Å². The summed E-state index contributed by atoms with van der Waals surface area (Å²) in [6, 6.07) is 13.0. The van der Waals surface area contributed by atoms with Gasteiger partial charge in [0.25, 0.3) is 0 Å². The van der Waals surface area contributed by atoms with Gasteiger partial charge in [-0.3, -0.25) is 10.1 Å². The Kier molecular flexibility index (Phi) is 5.18. The van der Waals surface area contributed by atoms with Crippen molar-refractivity contribution in [3.8, 4) is 33.9 Å². The van der Waals surface area contributed by atoms with Gasteiger partial charge in [0.1, 0.15) is 11.3 Å². The highest BCUT2D eigenvalue weighted by Crippen LogP contribution is 2.32. The largest absolute Gasteiger partial charge is 0.382 e. The zero-order chi connectivity index (χ0) is 24.8. The van der Waals surface area contributed by atoms with E-state index in [1.807, 2.05) is 37.3 Å². The van der Waals surface area contributed by atoms with Crippen LogP contribution >= 0.6 is 0 Å². The van der Waals surface area contributed by atoms with Crippen LogP contribution in [0, 0.1) is 12.7 Å². The van der Waals surface area contributed by atoms with E-state index in [1.54, 1.807) is 18.6 Å². The third-order valence-corrected chi connectivity index (χ3v) is 5.87. The van der Waals surface area contributed by atoms with E-state index < -0.39 is 0 Å². The van der Waals surface area contributed by atoms with Crippen molar-refractivity contribution in [1.29, 1.82) is 0 Å². The van der Waals surface area contributed by atoms with Gasteiger partial charge in [-0.1, -0.05) is 6.07 Å². The quantitative estimate of drug-likeness (QED) is 0.285. The molecule has 0 radical (unpaired) electrons. The van der Waals surface area contributed by atoms with Gasteiger partial charge in [0.05, 0.1) is 22.4 Å². The summed E-state index contributed by atoms with van der Waals surface area (Å²) in [6.45, 7) is 6.03. The third-order valence-electron chi connectivity index (χ3n) is 5.87. The molecular weight excluding hydrogens is 455 g/mol. The maximum atomic E-state index is 14.1. The number of aromatic nitrogens is 7. The van der Waals surface area contributed by atoms with Crippen molar-refractivity contribution in [3.05, 3.63) is 72.4 Å². The molecule has 1 aromatic carbocycles. The molecule has 5 aromatic heterocycles. The summed E-state index contributed by atoms with van der Waals surface area (Å²) in [6.07, 6.45) is 5.26. The predicted molar refractivity (Wildman–Crippen MR) is 139 cm³/mol. The molecule has 0 unspecified atom stereocenters. The maximum absolute atomic E-state index is 14.1. The Balaban J connectivity index is 1.45. The molecule has 36 heavy (non-hydrogen) atoms. The minimum Gasteiger partial charge on any atom is -0.382 e. The first-order valence-electron chi connectivity index (χ1n) is 11.6. The molecular formula is C27H23FN8. The number of H-pyrrole nitrogens is 2. The first-order chi connectivity index (χ1) is 17.4. The summed E-state index contributed by atoms with van der Waals surface area (Å²) in [7, 11) is 0. The summed E-state index contributed by atoms with van der Waals surface area (Å²) in [4.78, 5) is 21.7. The number of aromatic amines is 2. The summed E-state index contributed by atoms with van der Waals surface area (Å²) >= 11 is 0. The van der Waals surface area contributed by atoms with Crippen molar-refractivity contribution in [2.45, 2.75) is 26.8 Å². The minimum atomic E-state index is -0.285. The SMILES string of the molecule is Cc1cc(F)cc(-c2ccnc3nc(-c4n[nH]c5ccc(-c6cncc(NC(C)C)c6)nc45)[nH]c23)c1. The zero-order valence-electron chi connectivity index (χ0n) is 20.0. The first kappa shape index (κ1) is 21.8. The van der Waals surface area contributed by atoms with Gasteiger partial charge in [-0.2, -0.15) is 5.10 Å². The maximum Gasteiger partial charge on any atom is 0.178 e. The van der Waals surface area contributed by atoms with Crippen LogP contribution in [0.15, 0.2) is 61.1 Å². The van der Waals surface area contributed by atoms with E-state index in [0.29, 0.717) is 34.2 Å². The lowest BCUT2D eigenvalue weighted by molar-refractivity contribution is 0.627. The molecule has 6 rings (SSSR count). The number of halogens is 1. The monoisotopic (exact) mass is 478 g/mol. The standard InChI is InChI=1S/C27H23FN8/c1-14(2)31-19-11-17(12-29-13-19)21-4-5-22-24(32-21)25(36-35-22)27-33-23-20(6-7-30-26(23)34-27)16-8-15(3)9-18(28)10-16/h4-14,31H,1-3H3,(H,35,36)(H,30,33,34). The second-order valence-corrected chi connectivity index (χ2v) is 9.09. The highest BCUT2D eigenvalue weighted by molar-refractivity contribution is 5.95. The van der Waals surface area contributed by atoms with Crippen LogP contribution in [0.2, 0.25) is 0 Å². The number of benzene rings is 1. The molecule has 9 heteroatoms. The summed E-state index contributed by atoms with van der Waals surface area (Å²) < 4.78 is 14.1. The summed E-state index contributed by atoms with van der Waals surface area (Å²) in [5.74, 6) is 0.245. The van der Waals surface area contributed by atoms with E-state index in [4.69, 9.17) is 4.98 Å². The number of pyridine rings is 3. The van der Waals surface area contributed by atoms with Gasteiger partial charge in [0.15, 0.2) is 17.2 Å². The van der Waals surface area contributed by atoms with E-state index in [2.05, 4.69) is 49.3 Å². The third kappa shape index (κ3) is 3.94. The molecule has 0 fully saturated rings. The Morgan fingerprint density at radius 1 is 0.972 bits per heavy atom. The lowest BCUT2D eigenvalue weighted by Gasteiger charge is -2.10. The Bertz CT molecular complexity index is 1710. The highest BCUT2D eigenvalue weighted by Gasteiger charge is 2.18. The first-order valence-corrected chi connectivity index (χ1v) is 11.6. The van der Waals surface area contributed by atoms with Crippen LogP contribution in [0.3, 0.4) is 0 Å². The van der Waals surface area contributed by atoms with Crippen LogP contribution in [0.25, 0.3) is 56.1 Å². The molecule has 8 nitrogen and oxygen atoms in total. The Labute approximate surface area is 206 Å². The molecule has 0 saturated heterocycles. The number of rotatable bonds is 5. The number of anilines is 1. The van der Waals surface area contributed by atoms with E-state index in [1.165, 1.54) is 12.1 Å². The Morgan fingerprint density at radius 2 is 1.86 bits per heavy atom. The highest BCUT2D eigenvalue weighted by atomic mass is 19.1. The Hall–Kier alpha value is -4.66. The molecule has 0 aliphatic rings. The number of imidazole rings is 1. The van der Waals surface area contributed by atoms with Crippen molar-refractivity contribution in [3.63, 3.8) is 0 Å². The second kappa shape index (κ2) is 8.53. The normalized spacial score (nSPS) is 11.6. The minimum absolute atomic E-state index is 0.285. The van der Waals surface area contributed by atoms with Gasteiger partial charge in [-0.15, -0.1) is 0 Å². The Morgan fingerprint density at radius 3 is 2.69 bits per heavy atom. The molecule has 0 aliphatic carbocycles. The molecule has 0 saturated carbocycles. The molecule has 178 valence electrons. The van der Waals surface area contributed by atoms with E-state index in [9.17, 15) is 4.39 Å². The molecule has 0 atom stereocenters. The van der Waals surface area contributed by atoms with Gasteiger partial charge in [0, 0.05) is 35.8 Å². The molecule has 0 aliphatic heterocycles. The van der Waals surface area contributed by atoms with Crippen LogP contribution in [0.5, 0.6) is 0 Å². The van der Waals surface area contributed by atoms with E-state index in [-0.39, 0.29) is 5.82 Å². The van der Waals surface area contributed by atoms with Gasteiger partial charge < -0.3 is 10.3 Å². The average Bonchev–Trinajstić information content (AvgIpc) is 3.46. The molecule has 6 aromatic rings. The van der Waals surface area contributed by atoms with Crippen molar-refractivity contribution >= 4 is 27.9 Å². The second-order valence-electron chi connectivity index (χ2n) is 9.09. The molecule has 0 spiro atoms. The van der Waals surface area contributed by atoms with E-state index in [0.717, 1.165) is 39.2 Å². The molecule has 5 heterocycles. The fraction of sp³-hybridized carbons (Fsp3) is 0.148. The summed E-state index contributed by atoms with van der Waals surface area (Å²) in [5.41, 5.74) is 8.28. The number of nitrogens with one attached hydrogen (secondary N) is 3. The van der Waals surface area contributed by atoms with Crippen molar-refractivity contribution in [2.24, 2.45) is 0 Å². The predicted octanol–water partition coefficient (Wildman–Crippen LogP) is 5.89. The lowest BCUT2D eigenvalue weighted by Crippen LogP contribution is -2.09. The van der Waals surface area contributed by atoms with Gasteiger partial charge >= 0.3 is 0 Å². The van der Waals surface area contributed by atoms with Crippen LogP contribution in [0.4, 0.5) is 10.1 Å².